The lowest BCUT2D eigenvalue weighted by Gasteiger charge is -2.29. The fourth-order valence-electron chi connectivity index (χ4n) is 3.36. The van der Waals surface area contributed by atoms with Crippen molar-refractivity contribution in [3.63, 3.8) is 0 Å². The zero-order chi connectivity index (χ0) is 14.7. The minimum Gasteiger partial charge on any atom is -0.329 e. The van der Waals surface area contributed by atoms with Crippen LogP contribution in [0.25, 0.3) is 0 Å². The molecule has 0 saturated carbocycles. The van der Waals surface area contributed by atoms with Gasteiger partial charge in [0.2, 0.25) is 0 Å². The summed E-state index contributed by atoms with van der Waals surface area (Å²) in [5.41, 5.74) is 8.53. The third-order valence-corrected chi connectivity index (χ3v) is 4.42. The second kappa shape index (κ2) is 6.70. The quantitative estimate of drug-likeness (QED) is 0.839. The Labute approximate surface area is 122 Å². The van der Waals surface area contributed by atoms with Gasteiger partial charge in [-0.25, -0.2) is 0 Å². The van der Waals surface area contributed by atoms with E-state index in [0.717, 1.165) is 18.9 Å². The average Bonchev–Trinajstić information content (AvgIpc) is 2.96. The van der Waals surface area contributed by atoms with Gasteiger partial charge in [0.1, 0.15) is 0 Å². The highest BCUT2D eigenvalue weighted by molar-refractivity contribution is 5.22. The van der Waals surface area contributed by atoms with Crippen molar-refractivity contribution in [2.75, 3.05) is 40.3 Å². The average molecular weight is 279 g/mol. The minimum atomic E-state index is 0.282. The third kappa shape index (κ3) is 3.40. The van der Waals surface area contributed by atoms with E-state index in [2.05, 4.69) is 42.1 Å². The highest BCUT2D eigenvalue weighted by atomic mass is 15.3. The van der Waals surface area contributed by atoms with E-state index in [0.29, 0.717) is 6.54 Å². The van der Waals surface area contributed by atoms with Gasteiger partial charge in [-0.2, -0.15) is 5.10 Å². The maximum Gasteiger partial charge on any atom is 0.0670 e. The van der Waals surface area contributed by atoms with Crippen molar-refractivity contribution in [2.24, 2.45) is 18.7 Å². The SMILES string of the molecule is CCc1nn(C)cc1C(CN)N(C)CC1CCN(C)C1. The first-order valence-corrected chi connectivity index (χ1v) is 7.66. The molecule has 5 nitrogen and oxygen atoms in total. The summed E-state index contributed by atoms with van der Waals surface area (Å²) >= 11 is 0. The van der Waals surface area contributed by atoms with Crippen molar-refractivity contribution in [1.82, 2.24) is 19.6 Å². The Morgan fingerprint density at radius 1 is 1.50 bits per heavy atom. The van der Waals surface area contributed by atoms with Crippen LogP contribution < -0.4 is 5.73 Å². The normalized spacial score (nSPS) is 21.8. The maximum atomic E-state index is 6.05. The zero-order valence-corrected chi connectivity index (χ0v) is 13.3. The van der Waals surface area contributed by atoms with E-state index in [4.69, 9.17) is 5.73 Å². The van der Waals surface area contributed by atoms with Gasteiger partial charge >= 0.3 is 0 Å². The molecule has 0 bridgehead atoms. The van der Waals surface area contributed by atoms with Gasteiger partial charge in [-0.1, -0.05) is 6.92 Å². The third-order valence-electron chi connectivity index (χ3n) is 4.42. The minimum absolute atomic E-state index is 0.282. The van der Waals surface area contributed by atoms with Crippen LogP contribution in [-0.4, -0.2) is 59.9 Å². The maximum absolute atomic E-state index is 6.05. The molecule has 1 aliphatic heterocycles. The van der Waals surface area contributed by atoms with E-state index >= 15 is 0 Å². The molecule has 0 aliphatic carbocycles. The summed E-state index contributed by atoms with van der Waals surface area (Å²) in [4.78, 5) is 4.83. The summed E-state index contributed by atoms with van der Waals surface area (Å²) in [6.07, 6.45) is 4.39. The molecule has 0 amide bonds. The van der Waals surface area contributed by atoms with E-state index < -0.39 is 0 Å². The van der Waals surface area contributed by atoms with E-state index in [1.807, 2.05) is 11.7 Å². The Balaban J connectivity index is 2.06. The molecule has 1 aliphatic rings. The second-order valence-corrected chi connectivity index (χ2v) is 6.17. The smallest absolute Gasteiger partial charge is 0.0670 e. The van der Waals surface area contributed by atoms with Crippen LogP contribution in [0.4, 0.5) is 0 Å². The Morgan fingerprint density at radius 2 is 2.25 bits per heavy atom. The fraction of sp³-hybridized carbons (Fsp3) is 0.800. The molecule has 5 heteroatoms. The van der Waals surface area contributed by atoms with Crippen LogP contribution in [0.5, 0.6) is 0 Å². The Bertz CT molecular complexity index is 428. The summed E-state index contributed by atoms with van der Waals surface area (Å²) < 4.78 is 1.91. The number of likely N-dealkylation sites (N-methyl/N-ethyl adjacent to an activating group) is 1. The predicted molar refractivity (Wildman–Crippen MR) is 82.6 cm³/mol. The van der Waals surface area contributed by atoms with Crippen molar-refractivity contribution >= 4 is 0 Å². The Hall–Kier alpha value is -0.910. The summed E-state index contributed by atoms with van der Waals surface area (Å²) in [7, 11) is 6.39. The van der Waals surface area contributed by atoms with Crippen molar-refractivity contribution in [2.45, 2.75) is 25.8 Å². The monoisotopic (exact) mass is 279 g/mol. The number of aromatic nitrogens is 2. The molecule has 0 radical (unpaired) electrons. The molecular formula is C15H29N5. The van der Waals surface area contributed by atoms with Gasteiger partial charge in [0.25, 0.3) is 0 Å². The number of hydrogen-bond acceptors (Lipinski definition) is 4. The molecule has 114 valence electrons. The van der Waals surface area contributed by atoms with Crippen LogP contribution in [0.3, 0.4) is 0 Å². The van der Waals surface area contributed by atoms with Crippen molar-refractivity contribution in [3.8, 4) is 0 Å². The highest BCUT2D eigenvalue weighted by Gasteiger charge is 2.26. The standard InChI is InChI=1S/C15H29N5/c1-5-14-13(11-20(4)17-14)15(8-16)19(3)10-12-6-7-18(2)9-12/h11-12,15H,5-10,16H2,1-4H3. The number of aryl methyl sites for hydroxylation is 2. The van der Waals surface area contributed by atoms with E-state index in [9.17, 15) is 0 Å². The van der Waals surface area contributed by atoms with Gasteiger partial charge in [0, 0.05) is 38.4 Å². The molecular weight excluding hydrogens is 250 g/mol. The van der Waals surface area contributed by atoms with E-state index in [1.165, 1.54) is 30.8 Å². The Kier molecular flexibility index (Phi) is 5.18. The van der Waals surface area contributed by atoms with Crippen LogP contribution in [0, 0.1) is 5.92 Å². The molecule has 2 N–H and O–H groups in total. The van der Waals surface area contributed by atoms with Gasteiger partial charge in [-0.15, -0.1) is 0 Å². The molecule has 20 heavy (non-hydrogen) atoms. The fourth-order valence-corrected chi connectivity index (χ4v) is 3.36. The molecule has 1 saturated heterocycles. The number of hydrogen-bond donors (Lipinski definition) is 1. The molecule has 0 aromatic carbocycles. The lowest BCUT2D eigenvalue weighted by atomic mass is 10.0. The summed E-state index contributed by atoms with van der Waals surface area (Å²) in [5.74, 6) is 0.765. The largest absolute Gasteiger partial charge is 0.329 e. The van der Waals surface area contributed by atoms with Gasteiger partial charge in [0.05, 0.1) is 11.7 Å². The summed E-state index contributed by atoms with van der Waals surface area (Å²) in [6.45, 7) is 6.35. The lowest BCUT2D eigenvalue weighted by molar-refractivity contribution is 0.211. The van der Waals surface area contributed by atoms with Gasteiger partial charge in [-0.3, -0.25) is 9.58 Å². The number of rotatable bonds is 6. The number of likely N-dealkylation sites (tertiary alicyclic amines) is 1. The van der Waals surface area contributed by atoms with Crippen molar-refractivity contribution in [1.29, 1.82) is 0 Å². The lowest BCUT2D eigenvalue weighted by Crippen LogP contribution is -2.35. The second-order valence-electron chi connectivity index (χ2n) is 6.17. The zero-order valence-electron chi connectivity index (χ0n) is 13.3. The molecule has 2 rings (SSSR count). The van der Waals surface area contributed by atoms with Crippen molar-refractivity contribution < 1.29 is 0 Å². The molecule has 1 aromatic rings. The van der Waals surface area contributed by atoms with E-state index in [1.54, 1.807) is 0 Å². The number of nitrogens with two attached hydrogens (primary N) is 1. The predicted octanol–water partition coefficient (Wildman–Crippen LogP) is 0.866. The summed E-state index contributed by atoms with van der Waals surface area (Å²) in [5, 5.41) is 4.55. The molecule has 2 heterocycles. The first-order valence-electron chi connectivity index (χ1n) is 7.66. The first-order chi connectivity index (χ1) is 9.55. The summed E-state index contributed by atoms with van der Waals surface area (Å²) in [6, 6.07) is 0.282. The first kappa shape index (κ1) is 15.5. The molecule has 2 unspecified atom stereocenters. The molecule has 1 fully saturated rings. The van der Waals surface area contributed by atoms with Crippen LogP contribution >= 0.6 is 0 Å². The van der Waals surface area contributed by atoms with Gasteiger partial charge in [-0.05, 0) is 39.4 Å². The van der Waals surface area contributed by atoms with Crippen LogP contribution in [0.2, 0.25) is 0 Å². The topological polar surface area (TPSA) is 50.3 Å². The highest BCUT2D eigenvalue weighted by Crippen LogP contribution is 2.24. The number of nitrogens with zero attached hydrogens (tertiary/aromatic N) is 4. The van der Waals surface area contributed by atoms with Crippen LogP contribution in [-0.2, 0) is 13.5 Å². The molecule has 1 aromatic heterocycles. The molecule has 0 spiro atoms. The van der Waals surface area contributed by atoms with E-state index in [-0.39, 0.29) is 6.04 Å². The molecule has 2 atom stereocenters. The van der Waals surface area contributed by atoms with Crippen LogP contribution in [0.15, 0.2) is 6.20 Å². The van der Waals surface area contributed by atoms with Gasteiger partial charge in [0.15, 0.2) is 0 Å². The van der Waals surface area contributed by atoms with Crippen LogP contribution in [0.1, 0.15) is 30.6 Å². The van der Waals surface area contributed by atoms with Gasteiger partial charge < -0.3 is 10.6 Å². The van der Waals surface area contributed by atoms with Crippen molar-refractivity contribution in [3.05, 3.63) is 17.5 Å². The Morgan fingerprint density at radius 3 is 2.80 bits per heavy atom.